The highest BCUT2D eigenvalue weighted by atomic mass is 35.5. The van der Waals surface area contributed by atoms with Gasteiger partial charge in [-0.3, -0.25) is 39.2 Å². The van der Waals surface area contributed by atoms with Crippen molar-refractivity contribution >= 4 is 34.6 Å². The van der Waals surface area contributed by atoms with Gasteiger partial charge in [0.2, 0.25) is 11.6 Å². The first-order valence-corrected chi connectivity index (χ1v) is 16.5. The van der Waals surface area contributed by atoms with Crippen LogP contribution in [0.5, 0.6) is 17.2 Å². The van der Waals surface area contributed by atoms with Gasteiger partial charge in [0.1, 0.15) is 21.9 Å². The van der Waals surface area contributed by atoms with Crippen molar-refractivity contribution in [3.63, 3.8) is 0 Å². The Labute approximate surface area is 301 Å². The van der Waals surface area contributed by atoms with E-state index in [1.165, 1.54) is 21.2 Å². The molecular formula is C33H27Cl2F3N6O8. The topological polar surface area (TPSA) is 159 Å². The molecule has 0 amide bonds. The number of ether oxygens (including phenoxy) is 2. The molecule has 19 heteroatoms. The lowest BCUT2D eigenvalue weighted by Crippen LogP contribution is -2.27. The molecule has 52 heavy (non-hydrogen) atoms. The van der Waals surface area contributed by atoms with Crippen LogP contribution in [0.25, 0.3) is 22.3 Å². The summed E-state index contributed by atoms with van der Waals surface area (Å²) < 4.78 is 59.6. The fraction of sp³-hybridized carbons (Fsp3) is 0.273. The zero-order valence-electron chi connectivity index (χ0n) is 27.1. The van der Waals surface area contributed by atoms with Crippen LogP contribution in [0.4, 0.5) is 24.5 Å². The Kier molecular flexibility index (Phi) is 10.2. The van der Waals surface area contributed by atoms with Crippen LogP contribution in [0, 0.1) is 37.7 Å². The maximum Gasteiger partial charge on any atom is 0.314 e. The molecule has 2 aliphatic rings. The smallest absolute Gasteiger partial charge is 0.314 e. The van der Waals surface area contributed by atoms with Gasteiger partial charge in [0.25, 0.3) is 11.1 Å². The summed E-state index contributed by atoms with van der Waals surface area (Å²) in [6, 6.07) is 9.53. The highest BCUT2D eigenvalue weighted by Gasteiger charge is 2.29. The van der Waals surface area contributed by atoms with Crippen molar-refractivity contribution in [2.24, 2.45) is 0 Å². The first-order chi connectivity index (χ1) is 24.8. The first kappa shape index (κ1) is 36.2. The van der Waals surface area contributed by atoms with Crippen molar-refractivity contribution in [1.29, 1.82) is 0 Å². The Hall–Kier alpha value is -5.55. The number of methoxy groups -OCH3 is 1. The van der Waals surface area contributed by atoms with Gasteiger partial charge in [-0.1, -0.05) is 35.3 Å². The van der Waals surface area contributed by atoms with E-state index < -0.39 is 49.8 Å². The minimum absolute atomic E-state index is 0.0110. The van der Waals surface area contributed by atoms with Crippen molar-refractivity contribution in [1.82, 2.24) is 18.7 Å². The monoisotopic (exact) mass is 762 g/mol. The van der Waals surface area contributed by atoms with E-state index in [9.17, 15) is 43.0 Å². The van der Waals surface area contributed by atoms with Gasteiger partial charge in [0, 0.05) is 37.3 Å². The lowest BCUT2D eigenvalue weighted by molar-refractivity contribution is -0.387. The molecule has 3 aromatic carbocycles. The van der Waals surface area contributed by atoms with Crippen molar-refractivity contribution in [2.45, 2.75) is 51.9 Å². The van der Waals surface area contributed by atoms with E-state index in [1.807, 2.05) is 0 Å². The van der Waals surface area contributed by atoms with Crippen LogP contribution in [0.1, 0.15) is 25.7 Å². The summed E-state index contributed by atoms with van der Waals surface area (Å²) in [6.45, 7) is 1.95. The van der Waals surface area contributed by atoms with Gasteiger partial charge in [-0.15, -0.1) is 0 Å². The van der Waals surface area contributed by atoms with Crippen LogP contribution in [0.2, 0.25) is 10.3 Å². The molecule has 0 unspecified atom stereocenters. The summed E-state index contributed by atoms with van der Waals surface area (Å²) in [5.41, 5.74) is -3.29. The normalized spacial score (nSPS) is 13.4. The second kappa shape index (κ2) is 14.6. The third kappa shape index (κ3) is 6.52. The van der Waals surface area contributed by atoms with Gasteiger partial charge >= 0.3 is 11.4 Å². The van der Waals surface area contributed by atoms with Gasteiger partial charge < -0.3 is 9.47 Å². The quantitative estimate of drug-likeness (QED) is 0.121. The number of aromatic nitrogens is 4. The van der Waals surface area contributed by atoms with E-state index in [4.69, 9.17) is 32.7 Å². The third-order valence-corrected chi connectivity index (χ3v) is 9.40. The molecule has 272 valence electrons. The maximum absolute atomic E-state index is 14.9. The number of rotatable bonds is 7. The molecule has 0 atom stereocenters. The Balaban J connectivity index is 0.000000187. The second-order valence-corrected chi connectivity index (χ2v) is 12.4. The molecule has 14 nitrogen and oxygen atoms in total. The van der Waals surface area contributed by atoms with E-state index in [1.54, 1.807) is 28.9 Å². The molecular weight excluding hydrogens is 736 g/mol. The van der Waals surface area contributed by atoms with Gasteiger partial charge in [-0.05, 0) is 49.9 Å². The van der Waals surface area contributed by atoms with Gasteiger partial charge in [-0.2, -0.15) is 4.39 Å². The van der Waals surface area contributed by atoms with Crippen LogP contribution in [-0.2, 0) is 26.2 Å². The predicted octanol–water partition coefficient (Wildman–Crippen LogP) is 7.56. The summed E-state index contributed by atoms with van der Waals surface area (Å²) in [5.74, 6) is -2.89. The molecule has 0 fully saturated rings. The highest BCUT2D eigenvalue weighted by Crippen LogP contribution is 2.41. The summed E-state index contributed by atoms with van der Waals surface area (Å²) in [4.78, 5) is 45.6. The molecule has 5 aromatic rings. The predicted molar refractivity (Wildman–Crippen MR) is 183 cm³/mol. The summed E-state index contributed by atoms with van der Waals surface area (Å²) in [6.07, 6.45) is 3.27. The van der Waals surface area contributed by atoms with Crippen LogP contribution in [-0.4, -0.2) is 35.7 Å². The molecule has 0 spiro atoms. The molecule has 0 saturated heterocycles. The number of benzene rings is 3. The minimum Gasteiger partial charge on any atom is -0.493 e. The number of nitro groups is 2. The lowest BCUT2D eigenvalue weighted by Gasteiger charge is -2.17. The first-order valence-electron chi connectivity index (χ1n) is 15.7. The van der Waals surface area contributed by atoms with Crippen molar-refractivity contribution in [2.75, 3.05) is 7.11 Å². The number of nitrogens with zero attached hydrogens (tertiary/aromatic N) is 6. The van der Waals surface area contributed by atoms with E-state index in [0.717, 1.165) is 37.8 Å². The number of fused-ring (bicyclic) bond motifs is 2. The van der Waals surface area contributed by atoms with Crippen molar-refractivity contribution < 1.29 is 32.5 Å². The molecule has 7 rings (SSSR count). The number of nitro benzene ring substituents is 2. The average Bonchev–Trinajstić information content (AvgIpc) is 3.53. The summed E-state index contributed by atoms with van der Waals surface area (Å²) >= 11 is 12.5. The average molecular weight is 764 g/mol. The molecule has 0 aliphatic carbocycles. The van der Waals surface area contributed by atoms with Gasteiger partial charge in [0.15, 0.2) is 11.5 Å². The Morgan fingerprint density at radius 2 is 1.08 bits per heavy atom. The van der Waals surface area contributed by atoms with Gasteiger partial charge in [-0.25, -0.2) is 18.1 Å². The SMILES string of the molecule is COc1ccccc1Oc1cc(-c2c(Cl)n3n(c2=O)CCCC3)c(F)cc1[N+](=O)[O-].O=c1c(-c2cc(F)c([N+](=O)[O-])cc2F)c(Cl)n2n1CCCC2. The minimum atomic E-state index is -1.22. The fourth-order valence-electron chi connectivity index (χ4n) is 6.15. The number of halogens is 5. The molecule has 2 aliphatic heterocycles. The van der Waals surface area contributed by atoms with Crippen LogP contribution >= 0.6 is 23.2 Å². The zero-order valence-corrected chi connectivity index (χ0v) is 28.6. The number of para-hydroxylation sites is 2. The van der Waals surface area contributed by atoms with Crippen LogP contribution < -0.4 is 20.6 Å². The van der Waals surface area contributed by atoms with E-state index in [-0.39, 0.29) is 44.1 Å². The summed E-state index contributed by atoms with van der Waals surface area (Å²) in [7, 11) is 1.43. The Morgan fingerprint density at radius 1 is 0.635 bits per heavy atom. The highest BCUT2D eigenvalue weighted by molar-refractivity contribution is 6.32. The van der Waals surface area contributed by atoms with E-state index in [0.29, 0.717) is 44.1 Å². The molecule has 0 N–H and O–H groups in total. The zero-order chi connectivity index (χ0) is 37.4. The van der Waals surface area contributed by atoms with Crippen molar-refractivity contribution in [3.05, 3.63) is 117 Å². The largest absolute Gasteiger partial charge is 0.493 e. The fourth-order valence-corrected chi connectivity index (χ4v) is 6.87. The molecule has 0 radical (unpaired) electrons. The maximum atomic E-state index is 14.9. The second-order valence-electron chi connectivity index (χ2n) is 11.7. The molecule has 2 aromatic heterocycles. The van der Waals surface area contributed by atoms with Gasteiger partial charge in [0.05, 0.1) is 40.2 Å². The Morgan fingerprint density at radius 3 is 1.54 bits per heavy atom. The lowest BCUT2D eigenvalue weighted by atomic mass is 10.1. The van der Waals surface area contributed by atoms with Crippen LogP contribution in [0.3, 0.4) is 0 Å². The summed E-state index contributed by atoms with van der Waals surface area (Å²) in [5, 5.41) is 22.2. The molecule has 0 saturated carbocycles. The van der Waals surface area contributed by atoms with E-state index in [2.05, 4.69) is 0 Å². The standard InChI is InChI=1S/C20H17ClFN3O5.C13H10ClF2N3O3/c1-29-15-6-2-3-7-16(15)30-17-10-12(13(22)11-14(17)25(27)28)18-19(21)23-8-4-5-9-24(23)20(18)26;14-12-11(13(20)18-4-2-1-3-17(12)18)7-5-9(16)10(19(21)22)6-8(7)15/h2-3,6-7,10-11H,4-5,8-9H2,1H3;5-6H,1-4H2. The Bertz CT molecular complexity index is 2370. The third-order valence-electron chi connectivity index (χ3n) is 8.63. The van der Waals surface area contributed by atoms with Crippen LogP contribution in [0.15, 0.2) is 58.1 Å². The molecule has 4 heterocycles. The molecule has 0 bridgehead atoms. The number of hydrogen-bond donors (Lipinski definition) is 0. The number of hydrogen-bond acceptors (Lipinski definition) is 8. The van der Waals surface area contributed by atoms with E-state index >= 15 is 0 Å². The van der Waals surface area contributed by atoms with Crippen molar-refractivity contribution in [3.8, 4) is 39.5 Å².